The van der Waals surface area contributed by atoms with E-state index < -0.39 is 0 Å². The van der Waals surface area contributed by atoms with Gasteiger partial charge >= 0.3 is 0 Å². The Bertz CT molecular complexity index is 392. The average molecular weight is 252 g/mol. The Morgan fingerprint density at radius 1 is 1.39 bits per heavy atom. The van der Waals surface area contributed by atoms with Crippen LogP contribution in [0.15, 0.2) is 18.2 Å². The first-order chi connectivity index (χ1) is 8.76. The first kappa shape index (κ1) is 13.1. The summed E-state index contributed by atoms with van der Waals surface area (Å²) in [5, 5.41) is 3.27. The molecule has 0 saturated carbocycles. The number of methoxy groups -OCH3 is 2. The number of hydrogen-bond acceptors (Lipinski definition) is 5. The van der Waals surface area contributed by atoms with Crippen molar-refractivity contribution in [3.8, 4) is 11.5 Å². The third kappa shape index (κ3) is 2.75. The van der Waals surface area contributed by atoms with Gasteiger partial charge in [0.1, 0.15) is 11.5 Å². The molecule has 1 aliphatic heterocycles. The minimum Gasteiger partial charge on any atom is -0.497 e. The lowest BCUT2D eigenvalue weighted by molar-refractivity contribution is 0.0117. The summed E-state index contributed by atoms with van der Waals surface area (Å²) in [7, 11) is 3.27. The van der Waals surface area contributed by atoms with Gasteiger partial charge in [0.2, 0.25) is 0 Å². The van der Waals surface area contributed by atoms with E-state index in [1.165, 1.54) is 0 Å². The number of morpholine rings is 1. The molecule has 1 aromatic rings. The molecule has 0 spiro atoms. The Balaban J connectivity index is 2.23. The summed E-state index contributed by atoms with van der Waals surface area (Å²) in [5.74, 6) is 1.53. The number of nitrogens with one attached hydrogen (secondary N) is 1. The van der Waals surface area contributed by atoms with Crippen LogP contribution in [0.5, 0.6) is 11.5 Å². The summed E-state index contributed by atoms with van der Waals surface area (Å²) < 4.78 is 16.3. The molecule has 2 unspecified atom stereocenters. The monoisotopic (exact) mass is 252 g/mol. The van der Waals surface area contributed by atoms with Gasteiger partial charge in [-0.3, -0.25) is 0 Å². The predicted octanol–water partition coefficient (Wildman–Crippen LogP) is 0.692. The third-order valence-electron chi connectivity index (χ3n) is 3.15. The molecule has 2 atom stereocenters. The zero-order valence-corrected chi connectivity index (χ0v) is 10.8. The van der Waals surface area contributed by atoms with Crippen molar-refractivity contribution >= 4 is 0 Å². The van der Waals surface area contributed by atoms with Crippen LogP contribution in [-0.2, 0) is 4.74 Å². The highest BCUT2D eigenvalue weighted by Crippen LogP contribution is 2.30. The molecule has 18 heavy (non-hydrogen) atoms. The largest absolute Gasteiger partial charge is 0.497 e. The summed E-state index contributed by atoms with van der Waals surface area (Å²) >= 11 is 0. The maximum absolute atomic E-state index is 6.27. The second-order valence-electron chi connectivity index (χ2n) is 4.25. The van der Waals surface area contributed by atoms with Crippen LogP contribution < -0.4 is 20.5 Å². The van der Waals surface area contributed by atoms with Crippen molar-refractivity contribution in [2.24, 2.45) is 5.73 Å². The minimum atomic E-state index is -0.233. The third-order valence-corrected chi connectivity index (χ3v) is 3.15. The maximum Gasteiger partial charge on any atom is 0.123 e. The average Bonchev–Trinajstić information content (AvgIpc) is 2.46. The zero-order chi connectivity index (χ0) is 13.0. The van der Waals surface area contributed by atoms with Gasteiger partial charge in [-0.25, -0.2) is 0 Å². The van der Waals surface area contributed by atoms with Crippen LogP contribution in [0.2, 0.25) is 0 Å². The molecule has 0 aromatic heterocycles. The lowest BCUT2D eigenvalue weighted by Gasteiger charge is -2.29. The van der Waals surface area contributed by atoms with Crippen molar-refractivity contribution in [2.75, 3.05) is 33.9 Å². The molecule has 1 heterocycles. The lowest BCUT2D eigenvalue weighted by atomic mass is 10.00. The van der Waals surface area contributed by atoms with Gasteiger partial charge in [-0.2, -0.15) is 0 Å². The summed E-state index contributed by atoms with van der Waals surface area (Å²) in [6.45, 7) is 2.31. The van der Waals surface area contributed by atoms with Crippen LogP contribution in [0.4, 0.5) is 0 Å². The molecular weight excluding hydrogens is 232 g/mol. The SMILES string of the molecule is COc1ccc(OC)c(C(N)C2CNCCO2)c1. The highest BCUT2D eigenvalue weighted by molar-refractivity contribution is 5.42. The topological polar surface area (TPSA) is 65.7 Å². The fourth-order valence-corrected chi connectivity index (χ4v) is 2.12. The van der Waals surface area contributed by atoms with Gasteiger partial charge in [-0.1, -0.05) is 0 Å². The van der Waals surface area contributed by atoms with Crippen molar-refractivity contribution in [1.29, 1.82) is 0 Å². The molecule has 3 N–H and O–H groups in total. The molecule has 0 amide bonds. The molecule has 2 rings (SSSR count). The van der Waals surface area contributed by atoms with Gasteiger partial charge in [0.05, 0.1) is 33.0 Å². The molecule has 0 radical (unpaired) electrons. The Labute approximate surface area is 107 Å². The van der Waals surface area contributed by atoms with Crippen LogP contribution in [0.25, 0.3) is 0 Å². The molecule has 1 aromatic carbocycles. The fourth-order valence-electron chi connectivity index (χ4n) is 2.12. The molecule has 0 aliphatic carbocycles. The Morgan fingerprint density at radius 2 is 2.22 bits per heavy atom. The second-order valence-corrected chi connectivity index (χ2v) is 4.25. The van der Waals surface area contributed by atoms with E-state index in [0.717, 1.165) is 30.2 Å². The molecule has 0 bridgehead atoms. The van der Waals surface area contributed by atoms with Crippen molar-refractivity contribution in [2.45, 2.75) is 12.1 Å². The van der Waals surface area contributed by atoms with E-state index in [0.29, 0.717) is 6.61 Å². The normalized spacial score (nSPS) is 21.4. The Hall–Kier alpha value is -1.30. The van der Waals surface area contributed by atoms with E-state index in [4.69, 9.17) is 19.9 Å². The van der Waals surface area contributed by atoms with E-state index in [2.05, 4.69) is 5.32 Å². The molecule has 100 valence electrons. The predicted molar refractivity (Wildman–Crippen MR) is 69.1 cm³/mol. The summed E-state index contributed by atoms with van der Waals surface area (Å²) in [4.78, 5) is 0. The van der Waals surface area contributed by atoms with E-state index in [1.807, 2.05) is 18.2 Å². The van der Waals surface area contributed by atoms with E-state index >= 15 is 0 Å². The van der Waals surface area contributed by atoms with Crippen LogP contribution in [-0.4, -0.2) is 40.0 Å². The number of ether oxygens (including phenoxy) is 3. The van der Waals surface area contributed by atoms with Crippen LogP contribution >= 0.6 is 0 Å². The van der Waals surface area contributed by atoms with Crippen molar-refractivity contribution in [3.05, 3.63) is 23.8 Å². The molecule has 1 fully saturated rings. The maximum atomic E-state index is 6.27. The zero-order valence-electron chi connectivity index (χ0n) is 10.8. The lowest BCUT2D eigenvalue weighted by Crippen LogP contribution is -2.44. The van der Waals surface area contributed by atoms with E-state index in [1.54, 1.807) is 14.2 Å². The molecule has 1 saturated heterocycles. The van der Waals surface area contributed by atoms with Gasteiger partial charge in [-0.15, -0.1) is 0 Å². The van der Waals surface area contributed by atoms with Crippen LogP contribution in [0.3, 0.4) is 0 Å². The number of hydrogen-bond donors (Lipinski definition) is 2. The van der Waals surface area contributed by atoms with Gasteiger partial charge < -0.3 is 25.3 Å². The second kappa shape index (κ2) is 6.04. The highest BCUT2D eigenvalue weighted by Gasteiger charge is 2.25. The summed E-state index contributed by atoms with van der Waals surface area (Å²) in [6.07, 6.45) is -0.0419. The highest BCUT2D eigenvalue weighted by atomic mass is 16.5. The summed E-state index contributed by atoms with van der Waals surface area (Å²) in [5.41, 5.74) is 7.18. The molecular formula is C13H20N2O3. The fraction of sp³-hybridized carbons (Fsp3) is 0.538. The molecule has 5 nitrogen and oxygen atoms in total. The molecule has 5 heteroatoms. The van der Waals surface area contributed by atoms with Crippen LogP contribution in [0.1, 0.15) is 11.6 Å². The first-order valence-corrected chi connectivity index (χ1v) is 6.06. The van der Waals surface area contributed by atoms with Crippen molar-refractivity contribution in [3.63, 3.8) is 0 Å². The number of benzene rings is 1. The van der Waals surface area contributed by atoms with Gasteiger partial charge in [0, 0.05) is 18.7 Å². The van der Waals surface area contributed by atoms with Crippen molar-refractivity contribution < 1.29 is 14.2 Å². The number of rotatable bonds is 4. The Kier molecular flexibility index (Phi) is 4.41. The van der Waals surface area contributed by atoms with E-state index in [9.17, 15) is 0 Å². The smallest absolute Gasteiger partial charge is 0.123 e. The quantitative estimate of drug-likeness (QED) is 0.825. The van der Waals surface area contributed by atoms with Gasteiger partial charge in [-0.05, 0) is 18.2 Å². The van der Waals surface area contributed by atoms with E-state index in [-0.39, 0.29) is 12.1 Å². The van der Waals surface area contributed by atoms with Crippen LogP contribution in [0, 0.1) is 0 Å². The summed E-state index contributed by atoms with van der Waals surface area (Å²) in [6, 6.07) is 5.39. The number of nitrogens with two attached hydrogens (primary N) is 1. The van der Waals surface area contributed by atoms with Crippen molar-refractivity contribution in [1.82, 2.24) is 5.32 Å². The van der Waals surface area contributed by atoms with Gasteiger partial charge in [0.25, 0.3) is 0 Å². The molecule has 1 aliphatic rings. The Morgan fingerprint density at radius 3 is 2.83 bits per heavy atom. The van der Waals surface area contributed by atoms with Gasteiger partial charge in [0.15, 0.2) is 0 Å². The minimum absolute atomic E-state index is 0.0419. The standard InChI is InChI=1S/C13H20N2O3/c1-16-9-3-4-11(17-2)10(7-9)13(14)12-8-15-5-6-18-12/h3-4,7,12-13,15H,5-6,8,14H2,1-2H3. The first-order valence-electron chi connectivity index (χ1n) is 6.06.